The number of aliphatic hydroxyl groups excluding tert-OH is 1. The van der Waals surface area contributed by atoms with Crippen LogP contribution >= 0.6 is 15.6 Å². The number of phosphoric acid groups is 2. The van der Waals surface area contributed by atoms with Gasteiger partial charge in [-0.25, -0.2) is 9.13 Å². The smallest absolute Gasteiger partial charge is 0.462 e. The average molecular weight is 1290 g/mol. The van der Waals surface area contributed by atoms with Gasteiger partial charge in [-0.05, 0) is 63.2 Å². The molecule has 6 atom stereocenters. The molecule has 17 nitrogen and oxygen atoms in total. The lowest BCUT2D eigenvalue weighted by molar-refractivity contribution is -0.161. The van der Waals surface area contributed by atoms with E-state index in [1.54, 1.807) is 0 Å². The lowest BCUT2D eigenvalue weighted by Crippen LogP contribution is -2.30. The molecule has 0 aromatic heterocycles. The standard InChI is InChI=1S/C69H130O17P2/c1-7-10-12-14-15-16-17-18-20-24-27-30-33-40-46-52-67(72)80-58-65(85-68(73)53-47-41-34-31-28-25-22-19-21-23-26-29-32-38-43-49-61(4)5)60-84-88(77,78)82-56-63(70)55-81-87(75,76)83-59-64(57-79-66(71)51-45-37-13-11-8-2)86-69(74)54-48-42-36-35-39-44-50-62(6)9-3/h16-18,20,61-65,70H,7-15,19,21-60H2,1-6H3,(H,75,76)(H,77,78)/b17-16-,20-18-/t62?,63-,64+,65+/m0/s1. The fraction of sp³-hybridized carbons (Fsp3) is 0.884. The van der Waals surface area contributed by atoms with Crippen LogP contribution in [0.4, 0.5) is 0 Å². The first kappa shape index (κ1) is 85.5. The number of carbonyl (C=O) groups excluding carboxylic acids is 4. The van der Waals surface area contributed by atoms with Crippen LogP contribution in [-0.4, -0.2) is 96.7 Å². The van der Waals surface area contributed by atoms with Gasteiger partial charge in [-0.1, -0.05) is 271 Å². The Kier molecular flexibility index (Phi) is 59.1. The average Bonchev–Trinajstić information content (AvgIpc) is 3.71. The fourth-order valence-corrected chi connectivity index (χ4v) is 11.4. The highest BCUT2D eigenvalue weighted by Gasteiger charge is 2.30. The summed E-state index contributed by atoms with van der Waals surface area (Å²) in [6.45, 7) is 9.35. The highest BCUT2D eigenvalue weighted by Crippen LogP contribution is 2.45. The molecular weight excluding hydrogens is 1160 g/mol. The molecule has 0 heterocycles. The van der Waals surface area contributed by atoms with Crippen LogP contribution in [-0.2, 0) is 65.4 Å². The van der Waals surface area contributed by atoms with Crippen LogP contribution in [0.25, 0.3) is 0 Å². The van der Waals surface area contributed by atoms with Gasteiger partial charge in [-0.15, -0.1) is 0 Å². The van der Waals surface area contributed by atoms with Gasteiger partial charge in [-0.2, -0.15) is 0 Å². The molecule has 0 rings (SSSR count). The number of hydrogen-bond donors (Lipinski definition) is 3. The van der Waals surface area contributed by atoms with Crippen LogP contribution in [0.5, 0.6) is 0 Å². The third kappa shape index (κ3) is 61.1. The van der Waals surface area contributed by atoms with Crippen LogP contribution in [0.2, 0.25) is 0 Å². The van der Waals surface area contributed by atoms with Crippen molar-refractivity contribution >= 4 is 39.5 Å². The molecule has 0 aliphatic carbocycles. The fourth-order valence-electron chi connectivity index (χ4n) is 9.84. The molecule has 0 saturated heterocycles. The van der Waals surface area contributed by atoms with Crippen LogP contribution in [0.3, 0.4) is 0 Å². The van der Waals surface area contributed by atoms with E-state index in [1.807, 2.05) is 0 Å². The minimum Gasteiger partial charge on any atom is -0.462 e. The maximum absolute atomic E-state index is 13.0. The van der Waals surface area contributed by atoms with Crippen LogP contribution < -0.4 is 0 Å². The van der Waals surface area contributed by atoms with Crippen molar-refractivity contribution < 1.29 is 80.2 Å². The van der Waals surface area contributed by atoms with Crippen LogP contribution in [0.1, 0.15) is 324 Å². The van der Waals surface area contributed by atoms with E-state index < -0.39 is 97.5 Å². The van der Waals surface area contributed by atoms with E-state index in [0.717, 1.165) is 127 Å². The van der Waals surface area contributed by atoms with E-state index in [2.05, 4.69) is 65.8 Å². The Morgan fingerprint density at radius 3 is 1.02 bits per heavy atom. The number of unbranched alkanes of at least 4 members (excludes halogenated alkanes) is 32. The molecule has 0 aromatic rings. The third-order valence-electron chi connectivity index (χ3n) is 15.7. The van der Waals surface area contributed by atoms with E-state index in [-0.39, 0.29) is 25.7 Å². The zero-order chi connectivity index (χ0) is 65.0. The molecule has 0 bridgehead atoms. The summed E-state index contributed by atoms with van der Waals surface area (Å²) in [5.41, 5.74) is 0. The summed E-state index contributed by atoms with van der Waals surface area (Å²) in [6, 6.07) is 0. The Labute approximate surface area is 535 Å². The molecule has 0 fully saturated rings. The van der Waals surface area contributed by atoms with Gasteiger partial charge in [0.15, 0.2) is 12.2 Å². The first-order chi connectivity index (χ1) is 42.4. The van der Waals surface area contributed by atoms with E-state index in [9.17, 15) is 43.2 Å². The van der Waals surface area contributed by atoms with Crippen molar-refractivity contribution in [1.29, 1.82) is 0 Å². The van der Waals surface area contributed by atoms with Gasteiger partial charge in [0, 0.05) is 25.7 Å². The number of rotatable bonds is 66. The van der Waals surface area contributed by atoms with Crippen LogP contribution in [0, 0.1) is 11.8 Å². The van der Waals surface area contributed by atoms with E-state index in [1.165, 1.54) is 116 Å². The van der Waals surface area contributed by atoms with Crippen molar-refractivity contribution in [2.75, 3.05) is 39.6 Å². The largest absolute Gasteiger partial charge is 0.472 e. The molecule has 0 radical (unpaired) electrons. The molecule has 518 valence electrons. The van der Waals surface area contributed by atoms with E-state index in [4.69, 9.17) is 37.0 Å². The van der Waals surface area contributed by atoms with Crippen molar-refractivity contribution in [1.82, 2.24) is 0 Å². The van der Waals surface area contributed by atoms with E-state index >= 15 is 0 Å². The summed E-state index contributed by atoms with van der Waals surface area (Å²) in [7, 11) is -9.90. The van der Waals surface area contributed by atoms with Gasteiger partial charge in [0.1, 0.15) is 19.3 Å². The van der Waals surface area contributed by atoms with Gasteiger partial charge in [0.2, 0.25) is 0 Å². The zero-order valence-electron chi connectivity index (χ0n) is 56.5. The van der Waals surface area contributed by atoms with Crippen molar-refractivity contribution in [3.8, 4) is 0 Å². The Morgan fingerprint density at radius 1 is 0.375 bits per heavy atom. The number of allylic oxidation sites excluding steroid dienone is 4. The van der Waals surface area contributed by atoms with Crippen molar-refractivity contribution in [2.45, 2.75) is 342 Å². The molecule has 88 heavy (non-hydrogen) atoms. The Balaban J connectivity index is 5.20. The second kappa shape index (κ2) is 60.8. The predicted octanol–water partition coefficient (Wildman–Crippen LogP) is 19.2. The zero-order valence-corrected chi connectivity index (χ0v) is 58.3. The maximum Gasteiger partial charge on any atom is 0.472 e. The summed E-state index contributed by atoms with van der Waals surface area (Å²) < 4.78 is 67.9. The second-order valence-electron chi connectivity index (χ2n) is 24.9. The molecule has 0 aliphatic rings. The van der Waals surface area contributed by atoms with E-state index in [0.29, 0.717) is 25.7 Å². The third-order valence-corrected chi connectivity index (χ3v) is 17.6. The molecule has 0 aromatic carbocycles. The Hall–Kier alpha value is -2.46. The lowest BCUT2D eigenvalue weighted by Gasteiger charge is -2.21. The lowest BCUT2D eigenvalue weighted by atomic mass is 10.00. The maximum atomic E-state index is 13.0. The number of aliphatic hydroxyl groups is 1. The summed E-state index contributed by atoms with van der Waals surface area (Å²) in [5, 5.41) is 10.5. The molecule has 19 heteroatoms. The van der Waals surface area contributed by atoms with Gasteiger partial charge in [-0.3, -0.25) is 37.3 Å². The molecule has 0 aliphatic heterocycles. The summed E-state index contributed by atoms with van der Waals surface area (Å²) in [4.78, 5) is 72.2. The van der Waals surface area contributed by atoms with Crippen molar-refractivity contribution in [2.24, 2.45) is 11.8 Å². The van der Waals surface area contributed by atoms with Gasteiger partial charge < -0.3 is 33.8 Å². The molecule has 0 spiro atoms. The molecule has 3 N–H and O–H groups in total. The highest BCUT2D eigenvalue weighted by atomic mass is 31.2. The van der Waals surface area contributed by atoms with Crippen molar-refractivity contribution in [3.63, 3.8) is 0 Å². The normalized spacial score (nSPS) is 14.7. The first-order valence-corrected chi connectivity index (χ1v) is 38.3. The number of ether oxygens (including phenoxy) is 4. The number of hydrogen-bond acceptors (Lipinski definition) is 15. The molecule has 0 saturated carbocycles. The minimum absolute atomic E-state index is 0.0996. The summed E-state index contributed by atoms with van der Waals surface area (Å²) in [5.74, 6) is -0.651. The molecule has 0 amide bonds. The Morgan fingerprint density at radius 2 is 0.670 bits per heavy atom. The summed E-state index contributed by atoms with van der Waals surface area (Å²) in [6.07, 6.45) is 48.5. The number of esters is 4. The molecular formula is C69H130O17P2. The second-order valence-corrected chi connectivity index (χ2v) is 27.9. The van der Waals surface area contributed by atoms with Gasteiger partial charge in [0.05, 0.1) is 26.4 Å². The minimum atomic E-state index is -4.96. The quantitative estimate of drug-likeness (QED) is 0.0169. The number of carbonyl (C=O) groups is 4. The number of phosphoric ester groups is 2. The first-order valence-electron chi connectivity index (χ1n) is 35.3. The van der Waals surface area contributed by atoms with Crippen molar-refractivity contribution in [3.05, 3.63) is 24.3 Å². The highest BCUT2D eigenvalue weighted by molar-refractivity contribution is 7.47. The Bertz CT molecular complexity index is 1810. The SMILES string of the molecule is CCCCCC/C=C\C=C/CCCCCCCC(=O)OC[C@H](COP(=O)(O)OC[C@@H](O)COP(=O)(O)OC[C@@H](COC(=O)CCCCCCC)OC(=O)CCCCCCCCC(C)CC)OC(=O)CCCCCCCCCCCCCCCCCC(C)C. The van der Waals surface area contributed by atoms with Crippen LogP contribution in [0.15, 0.2) is 24.3 Å². The van der Waals surface area contributed by atoms with Gasteiger partial charge >= 0.3 is 39.5 Å². The monoisotopic (exact) mass is 1290 g/mol. The summed E-state index contributed by atoms with van der Waals surface area (Å²) >= 11 is 0. The predicted molar refractivity (Wildman–Crippen MR) is 354 cm³/mol. The van der Waals surface area contributed by atoms with Gasteiger partial charge in [0.25, 0.3) is 0 Å². The molecule has 3 unspecified atom stereocenters. The topological polar surface area (TPSA) is 237 Å².